The van der Waals surface area contributed by atoms with E-state index in [2.05, 4.69) is 28.2 Å². The zero-order valence-electron chi connectivity index (χ0n) is 9.20. The highest BCUT2D eigenvalue weighted by molar-refractivity contribution is 9.10. The van der Waals surface area contributed by atoms with Crippen LogP contribution in [-0.2, 0) is 0 Å². The van der Waals surface area contributed by atoms with E-state index in [9.17, 15) is 4.79 Å². The van der Waals surface area contributed by atoms with Gasteiger partial charge < -0.3 is 9.32 Å². The van der Waals surface area contributed by atoms with Crippen molar-refractivity contribution in [2.45, 2.75) is 32.2 Å². The lowest BCUT2D eigenvalue weighted by molar-refractivity contribution is 0.170. The molecule has 1 unspecified atom stereocenters. The Labute approximate surface area is 103 Å². The summed E-state index contributed by atoms with van der Waals surface area (Å²) in [6.07, 6.45) is 3.37. The van der Waals surface area contributed by atoms with Crippen LogP contribution in [0.2, 0.25) is 0 Å². The molecule has 0 bridgehead atoms. The van der Waals surface area contributed by atoms with Gasteiger partial charge in [0.05, 0.1) is 0 Å². The third kappa shape index (κ3) is 2.58. The monoisotopic (exact) mass is 286 g/mol. The third-order valence-corrected chi connectivity index (χ3v) is 3.29. The number of halogens is 1. The highest BCUT2D eigenvalue weighted by Gasteiger charge is 2.23. The molecule has 4 nitrogen and oxygen atoms in total. The summed E-state index contributed by atoms with van der Waals surface area (Å²) in [5.41, 5.74) is 0. The van der Waals surface area contributed by atoms with Crippen LogP contribution in [0, 0.1) is 0 Å². The molecule has 2 heterocycles. The number of hydrogen-bond acceptors (Lipinski definition) is 2. The van der Waals surface area contributed by atoms with Crippen molar-refractivity contribution in [3.63, 3.8) is 0 Å². The maximum Gasteiger partial charge on any atom is 0.324 e. The van der Waals surface area contributed by atoms with Crippen molar-refractivity contribution >= 4 is 27.8 Å². The number of nitrogens with one attached hydrogen (secondary N) is 1. The molecule has 1 atom stereocenters. The van der Waals surface area contributed by atoms with Crippen LogP contribution in [0.3, 0.4) is 0 Å². The summed E-state index contributed by atoms with van der Waals surface area (Å²) in [6.45, 7) is 2.91. The number of furan rings is 1. The number of hydrogen-bond donors (Lipinski definition) is 1. The number of nitrogens with zero attached hydrogens (tertiary/aromatic N) is 1. The van der Waals surface area contributed by atoms with Gasteiger partial charge in [-0.15, -0.1) is 0 Å². The van der Waals surface area contributed by atoms with Gasteiger partial charge in [0.25, 0.3) is 0 Å². The van der Waals surface area contributed by atoms with Crippen LogP contribution in [0.5, 0.6) is 0 Å². The fourth-order valence-corrected chi connectivity index (χ4v) is 2.27. The van der Waals surface area contributed by atoms with Gasteiger partial charge in [0, 0.05) is 18.7 Å². The Hall–Kier alpha value is -0.970. The van der Waals surface area contributed by atoms with Gasteiger partial charge in [0.2, 0.25) is 5.88 Å². The average molecular weight is 287 g/mol. The van der Waals surface area contributed by atoms with E-state index in [4.69, 9.17) is 4.42 Å². The maximum atomic E-state index is 11.9. The fraction of sp³-hybridized carbons (Fsp3) is 0.545. The standard InChI is InChI=1S/C11H15BrN2O2/c1-8-4-2-3-7-14(8)11(15)13-10-6-5-9(12)16-10/h5-6,8H,2-4,7H2,1H3,(H,13,15). The smallest absolute Gasteiger partial charge is 0.324 e. The van der Waals surface area contributed by atoms with E-state index >= 15 is 0 Å². The van der Waals surface area contributed by atoms with Gasteiger partial charge in [-0.1, -0.05) is 0 Å². The Morgan fingerprint density at radius 3 is 3.00 bits per heavy atom. The molecule has 0 aliphatic carbocycles. The summed E-state index contributed by atoms with van der Waals surface area (Å²) in [4.78, 5) is 13.8. The van der Waals surface area contributed by atoms with Gasteiger partial charge >= 0.3 is 6.03 Å². The summed E-state index contributed by atoms with van der Waals surface area (Å²) < 4.78 is 5.86. The van der Waals surface area contributed by atoms with Crippen LogP contribution in [0.15, 0.2) is 21.2 Å². The largest absolute Gasteiger partial charge is 0.434 e. The second kappa shape index (κ2) is 4.91. The predicted octanol–water partition coefficient (Wildman–Crippen LogP) is 3.45. The first-order valence-electron chi connectivity index (χ1n) is 5.50. The van der Waals surface area contributed by atoms with E-state index in [1.165, 1.54) is 6.42 Å². The molecular weight excluding hydrogens is 272 g/mol. The molecule has 1 aliphatic heterocycles. The van der Waals surface area contributed by atoms with E-state index in [0.29, 0.717) is 16.6 Å². The molecule has 1 aliphatic rings. The van der Waals surface area contributed by atoms with Crippen LogP contribution in [0.1, 0.15) is 26.2 Å². The van der Waals surface area contributed by atoms with Crippen LogP contribution < -0.4 is 5.32 Å². The Morgan fingerprint density at radius 2 is 2.38 bits per heavy atom. The van der Waals surface area contributed by atoms with Gasteiger partial charge in [-0.3, -0.25) is 5.32 Å². The number of anilines is 1. The molecule has 1 aromatic rings. The molecule has 1 fully saturated rings. The van der Waals surface area contributed by atoms with E-state index in [-0.39, 0.29) is 6.03 Å². The Bertz CT molecular complexity index is 378. The molecule has 0 saturated carbocycles. The van der Waals surface area contributed by atoms with E-state index in [1.54, 1.807) is 12.1 Å². The topological polar surface area (TPSA) is 45.5 Å². The van der Waals surface area contributed by atoms with Crippen LogP contribution >= 0.6 is 15.9 Å². The molecule has 16 heavy (non-hydrogen) atoms. The van der Waals surface area contributed by atoms with Crippen molar-refractivity contribution in [3.05, 3.63) is 16.8 Å². The van der Waals surface area contributed by atoms with Gasteiger partial charge in [-0.25, -0.2) is 4.79 Å². The lowest BCUT2D eigenvalue weighted by atomic mass is 10.0. The number of amides is 2. The minimum Gasteiger partial charge on any atom is -0.434 e. The quantitative estimate of drug-likeness (QED) is 0.859. The lowest BCUT2D eigenvalue weighted by Crippen LogP contribution is -2.44. The van der Waals surface area contributed by atoms with Crippen molar-refractivity contribution in [2.24, 2.45) is 0 Å². The zero-order valence-corrected chi connectivity index (χ0v) is 10.8. The van der Waals surface area contributed by atoms with Crippen LogP contribution in [0.4, 0.5) is 10.7 Å². The molecule has 0 aromatic carbocycles. The molecule has 1 N–H and O–H groups in total. The third-order valence-electron chi connectivity index (χ3n) is 2.87. The molecular formula is C11H15BrN2O2. The predicted molar refractivity (Wildman–Crippen MR) is 65.4 cm³/mol. The summed E-state index contributed by atoms with van der Waals surface area (Å²) >= 11 is 3.20. The van der Waals surface area contributed by atoms with Crippen molar-refractivity contribution in [1.82, 2.24) is 4.90 Å². The maximum absolute atomic E-state index is 11.9. The summed E-state index contributed by atoms with van der Waals surface area (Å²) in [7, 11) is 0. The summed E-state index contributed by atoms with van der Waals surface area (Å²) in [6, 6.07) is 3.73. The zero-order chi connectivity index (χ0) is 11.5. The number of carbonyl (C=O) groups excluding carboxylic acids is 1. The van der Waals surface area contributed by atoms with Crippen molar-refractivity contribution < 1.29 is 9.21 Å². The number of carbonyl (C=O) groups is 1. The summed E-state index contributed by atoms with van der Waals surface area (Å²) in [5, 5.41) is 2.75. The molecule has 0 radical (unpaired) electrons. The number of likely N-dealkylation sites (tertiary alicyclic amines) is 1. The first-order chi connectivity index (χ1) is 7.66. The summed E-state index contributed by atoms with van der Waals surface area (Å²) in [5.74, 6) is 0.481. The van der Waals surface area contributed by atoms with E-state index in [0.717, 1.165) is 19.4 Å². The van der Waals surface area contributed by atoms with Crippen LogP contribution in [0.25, 0.3) is 0 Å². The normalized spacial score (nSPS) is 20.9. The van der Waals surface area contributed by atoms with Gasteiger partial charge in [0.1, 0.15) is 0 Å². The van der Waals surface area contributed by atoms with Crippen molar-refractivity contribution in [2.75, 3.05) is 11.9 Å². The minimum absolute atomic E-state index is 0.0750. The second-order valence-corrected chi connectivity index (χ2v) is 4.85. The molecule has 0 spiro atoms. The number of piperidine rings is 1. The molecule has 5 heteroatoms. The first kappa shape index (κ1) is 11.5. The molecule has 2 amide bonds. The lowest BCUT2D eigenvalue weighted by Gasteiger charge is -2.32. The van der Waals surface area contributed by atoms with Gasteiger partial charge in [-0.05, 0) is 48.2 Å². The minimum atomic E-state index is -0.0750. The van der Waals surface area contributed by atoms with Crippen LogP contribution in [-0.4, -0.2) is 23.5 Å². The average Bonchev–Trinajstić information content (AvgIpc) is 2.64. The second-order valence-electron chi connectivity index (χ2n) is 4.07. The fourth-order valence-electron chi connectivity index (χ4n) is 1.96. The molecule has 1 saturated heterocycles. The Balaban J connectivity index is 1.96. The van der Waals surface area contributed by atoms with E-state index in [1.807, 2.05) is 4.90 Å². The Kier molecular flexibility index (Phi) is 3.53. The van der Waals surface area contributed by atoms with Gasteiger partial charge in [0.15, 0.2) is 4.67 Å². The van der Waals surface area contributed by atoms with E-state index < -0.39 is 0 Å². The molecule has 2 rings (SSSR count). The number of rotatable bonds is 1. The Morgan fingerprint density at radius 1 is 1.56 bits per heavy atom. The highest BCUT2D eigenvalue weighted by atomic mass is 79.9. The van der Waals surface area contributed by atoms with Gasteiger partial charge in [-0.2, -0.15) is 0 Å². The first-order valence-corrected chi connectivity index (χ1v) is 6.29. The highest BCUT2D eigenvalue weighted by Crippen LogP contribution is 2.21. The van der Waals surface area contributed by atoms with Crippen molar-refractivity contribution in [1.29, 1.82) is 0 Å². The van der Waals surface area contributed by atoms with Crippen molar-refractivity contribution in [3.8, 4) is 0 Å². The SMILES string of the molecule is CC1CCCCN1C(=O)Nc1ccc(Br)o1. The number of urea groups is 1. The molecule has 1 aromatic heterocycles. The molecule has 88 valence electrons.